The highest BCUT2D eigenvalue weighted by molar-refractivity contribution is 6.11. The van der Waals surface area contributed by atoms with Gasteiger partial charge in [0, 0.05) is 22.7 Å². The van der Waals surface area contributed by atoms with Gasteiger partial charge in [0.25, 0.3) is 5.91 Å². The molecular weight excluding hydrogens is 344 g/mol. The maximum absolute atomic E-state index is 12.2. The lowest BCUT2D eigenvalue weighted by molar-refractivity contribution is 0.0992. The zero-order valence-corrected chi connectivity index (χ0v) is 15.3. The largest absolute Gasteiger partial charge is 0.497 e. The molecule has 0 aliphatic carbocycles. The minimum absolute atomic E-state index is 0.259. The Morgan fingerprint density at radius 2 is 1.81 bits per heavy atom. The summed E-state index contributed by atoms with van der Waals surface area (Å²) in [5.41, 5.74) is 14.7. The van der Waals surface area contributed by atoms with E-state index in [1.54, 1.807) is 39.2 Å². The molecule has 0 saturated carbocycles. The minimum Gasteiger partial charge on any atom is -0.497 e. The number of aromatic nitrogens is 1. The second kappa shape index (κ2) is 6.95. The average Bonchev–Trinajstić information content (AvgIpc) is 2.61. The number of nitrogens with one attached hydrogen (secondary N) is 1. The smallest absolute Gasteiger partial charge is 0.252 e. The maximum Gasteiger partial charge on any atom is 0.252 e. The lowest BCUT2D eigenvalue weighted by Crippen LogP contribution is -2.18. The Morgan fingerprint density at radius 1 is 1.07 bits per heavy atom. The van der Waals surface area contributed by atoms with E-state index in [2.05, 4.69) is 10.3 Å². The number of aryl methyl sites for hydroxylation is 2. The van der Waals surface area contributed by atoms with Crippen molar-refractivity contribution >= 4 is 34.1 Å². The molecular formula is C20H20N4O3. The molecule has 3 aromatic rings. The van der Waals surface area contributed by atoms with Gasteiger partial charge in [0.1, 0.15) is 5.75 Å². The molecule has 3 rings (SSSR count). The van der Waals surface area contributed by atoms with Crippen LogP contribution in [0.5, 0.6) is 5.75 Å². The summed E-state index contributed by atoms with van der Waals surface area (Å²) in [5, 5.41) is 3.87. The van der Waals surface area contributed by atoms with E-state index in [1.807, 2.05) is 18.2 Å². The Balaban J connectivity index is 2.35. The number of ether oxygens (including phenoxy) is 1. The van der Waals surface area contributed by atoms with Gasteiger partial charge < -0.3 is 21.5 Å². The van der Waals surface area contributed by atoms with Crippen molar-refractivity contribution in [3.8, 4) is 5.75 Å². The first kappa shape index (κ1) is 18.2. The van der Waals surface area contributed by atoms with Crippen molar-refractivity contribution in [3.05, 3.63) is 58.8 Å². The van der Waals surface area contributed by atoms with Crippen molar-refractivity contribution < 1.29 is 14.3 Å². The van der Waals surface area contributed by atoms with Gasteiger partial charge in [-0.25, -0.2) is 0 Å². The van der Waals surface area contributed by atoms with E-state index in [-0.39, 0.29) is 5.56 Å². The number of nitrogens with two attached hydrogens (primary N) is 2. The molecule has 0 fully saturated rings. The summed E-state index contributed by atoms with van der Waals surface area (Å²) in [7, 11) is 1.57. The second-order valence-electron chi connectivity index (χ2n) is 6.16. The standard InChI is InChI=1S/C20H20N4O3/c1-10-14(19(21)25)7-8-15-16(10)18(17(20(22)26)11(2)23-15)24-12-5-4-6-13(9-12)27-3/h4-9H,1-3H3,(H2,21,25)(H2,22,26)(H,23,24). The number of nitrogens with zero attached hydrogens (tertiary/aromatic N) is 1. The third-order valence-electron chi connectivity index (χ3n) is 4.44. The lowest BCUT2D eigenvalue weighted by Gasteiger charge is -2.18. The molecule has 0 aliphatic heterocycles. The molecule has 2 aromatic carbocycles. The number of fused-ring (bicyclic) bond motifs is 1. The number of benzene rings is 2. The minimum atomic E-state index is -0.615. The zero-order chi connectivity index (χ0) is 19.7. The molecule has 0 atom stereocenters. The number of pyridine rings is 1. The summed E-state index contributed by atoms with van der Waals surface area (Å²) in [4.78, 5) is 28.4. The van der Waals surface area contributed by atoms with E-state index in [0.29, 0.717) is 44.8 Å². The van der Waals surface area contributed by atoms with Crippen molar-refractivity contribution in [1.82, 2.24) is 4.98 Å². The van der Waals surface area contributed by atoms with Crippen molar-refractivity contribution in [2.24, 2.45) is 11.5 Å². The summed E-state index contributed by atoms with van der Waals surface area (Å²) in [6.45, 7) is 3.48. The van der Waals surface area contributed by atoms with Gasteiger partial charge in [0.05, 0.1) is 29.6 Å². The van der Waals surface area contributed by atoms with Gasteiger partial charge in [-0.15, -0.1) is 0 Å². The highest BCUT2D eigenvalue weighted by atomic mass is 16.5. The summed E-state index contributed by atoms with van der Waals surface area (Å²) in [6.07, 6.45) is 0. The van der Waals surface area contributed by atoms with Crippen LogP contribution in [0.15, 0.2) is 36.4 Å². The van der Waals surface area contributed by atoms with E-state index in [1.165, 1.54) is 0 Å². The highest BCUT2D eigenvalue weighted by Gasteiger charge is 2.21. The molecule has 0 radical (unpaired) electrons. The van der Waals surface area contributed by atoms with Crippen LogP contribution in [-0.4, -0.2) is 23.9 Å². The number of hydrogen-bond donors (Lipinski definition) is 3. The van der Waals surface area contributed by atoms with Crippen LogP contribution in [0.2, 0.25) is 0 Å². The summed E-state index contributed by atoms with van der Waals surface area (Å²) < 4.78 is 5.25. The molecule has 2 amide bonds. The number of primary amides is 2. The number of carbonyl (C=O) groups excluding carboxylic acids is 2. The number of rotatable bonds is 5. The van der Waals surface area contributed by atoms with Gasteiger partial charge in [0.15, 0.2) is 0 Å². The highest BCUT2D eigenvalue weighted by Crippen LogP contribution is 2.35. The molecule has 0 spiro atoms. The predicted molar refractivity (Wildman–Crippen MR) is 105 cm³/mol. The Kier molecular flexibility index (Phi) is 4.68. The fourth-order valence-corrected chi connectivity index (χ4v) is 3.19. The average molecular weight is 364 g/mol. The van der Waals surface area contributed by atoms with E-state index in [4.69, 9.17) is 16.2 Å². The topological polar surface area (TPSA) is 120 Å². The predicted octanol–water partition coefficient (Wildman–Crippen LogP) is 2.80. The maximum atomic E-state index is 12.2. The van der Waals surface area contributed by atoms with Gasteiger partial charge in [0.2, 0.25) is 5.91 Å². The first-order valence-electron chi connectivity index (χ1n) is 8.28. The Hall–Kier alpha value is -3.61. The zero-order valence-electron chi connectivity index (χ0n) is 15.3. The van der Waals surface area contributed by atoms with Gasteiger partial charge in [-0.3, -0.25) is 14.6 Å². The third kappa shape index (κ3) is 3.27. The second-order valence-corrected chi connectivity index (χ2v) is 6.16. The van der Waals surface area contributed by atoms with Gasteiger partial charge in [-0.1, -0.05) is 6.07 Å². The Labute approximate surface area is 156 Å². The number of amides is 2. The Morgan fingerprint density at radius 3 is 2.44 bits per heavy atom. The summed E-state index contributed by atoms with van der Waals surface area (Å²) >= 11 is 0. The number of carbonyl (C=O) groups is 2. The van der Waals surface area contributed by atoms with Crippen LogP contribution in [0.1, 0.15) is 32.0 Å². The number of methoxy groups -OCH3 is 1. The van der Waals surface area contributed by atoms with E-state index >= 15 is 0 Å². The molecule has 1 aromatic heterocycles. The van der Waals surface area contributed by atoms with Crippen LogP contribution in [0, 0.1) is 13.8 Å². The molecule has 0 saturated heterocycles. The van der Waals surface area contributed by atoms with Crippen molar-refractivity contribution in [2.45, 2.75) is 13.8 Å². The van der Waals surface area contributed by atoms with Crippen LogP contribution in [-0.2, 0) is 0 Å². The first-order valence-corrected chi connectivity index (χ1v) is 8.28. The van der Waals surface area contributed by atoms with Crippen LogP contribution in [0.3, 0.4) is 0 Å². The van der Waals surface area contributed by atoms with Crippen LogP contribution in [0.25, 0.3) is 10.9 Å². The SMILES string of the molecule is COc1cccc(Nc2c(C(N)=O)c(C)nc3ccc(C(N)=O)c(C)c23)c1. The van der Waals surface area contributed by atoms with Crippen molar-refractivity contribution in [2.75, 3.05) is 12.4 Å². The van der Waals surface area contributed by atoms with Gasteiger partial charge >= 0.3 is 0 Å². The summed E-state index contributed by atoms with van der Waals surface area (Å²) in [6, 6.07) is 10.6. The Bertz CT molecular complexity index is 1080. The normalized spacial score (nSPS) is 10.6. The molecule has 27 heavy (non-hydrogen) atoms. The van der Waals surface area contributed by atoms with Crippen LogP contribution in [0.4, 0.5) is 11.4 Å². The summed E-state index contributed by atoms with van der Waals surface area (Å²) in [5.74, 6) is -0.510. The monoisotopic (exact) mass is 364 g/mol. The fourth-order valence-electron chi connectivity index (χ4n) is 3.19. The molecule has 0 aliphatic rings. The van der Waals surface area contributed by atoms with Crippen molar-refractivity contribution in [3.63, 3.8) is 0 Å². The van der Waals surface area contributed by atoms with Gasteiger partial charge in [-0.2, -0.15) is 0 Å². The quantitative estimate of drug-likeness (QED) is 0.643. The van der Waals surface area contributed by atoms with E-state index in [0.717, 1.165) is 0 Å². The number of hydrogen-bond acceptors (Lipinski definition) is 5. The van der Waals surface area contributed by atoms with Gasteiger partial charge in [-0.05, 0) is 43.7 Å². The number of anilines is 2. The van der Waals surface area contributed by atoms with Crippen LogP contribution >= 0.6 is 0 Å². The molecule has 7 heteroatoms. The molecule has 138 valence electrons. The van der Waals surface area contributed by atoms with Crippen molar-refractivity contribution in [1.29, 1.82) is 0 Å². The molecule has 5 N–H and O–H groups in total. The molecule has 0 unspecified atom stereocenters. The van der Waals surface area contributed by atoms with Crippen LogP contribution < -0.4 is 21.5 Å². The fraction of sp³-hybridized carbons (Fsp3) is 0.150. The third-order valence-corrected chi connectivity index (χ3v) is 4.44. The first-order chi connectivity index (χ1) is 12.8. The lowest BCUT2D eigenvalue weighted by atomic mass is 9.97. The van der Waals surface area contributed by atoms with E-state index < -0.39 is 11.8 Å². The molecule has 7 nitrogen and oxygen atoms in total. The van der Waals surface area contributed by atoms with E-state index in [9.17, 15) is 9.59 Å². The molecule has 0 bridgehead atoms. The molecule has 1 heterocycles.